The van der Waals surface area contributed by atoms with E-state index in [4.69, 9.17) is 4.74 Å². The Bertz CT molecular complexity index is 947. The Morgan fingerprint density at radius 1 is 0.833 bits per heavy atom. The van der Waals surface area contributed by atoms with Crippen LogP contribution >= 0.6 is 0 Å². The Kier molecular flexibility index (Phi) is 6.86. The molecule has 30 heavy (non-hydrogen) atoms. The Hall–Kier alpha value is -2.75. The number of alkyl halides is 3. The Morgan fingerprint density at radius 2 is 1.43 bits per heavy atom. The normalized spacial score (nSPS) is 12.8. The largest absolute Gasteiger partial charge is 0.485 e. The van der Waals surface area contributed by atoms with Crippen LogP contribution in [0, 0.1) is 6.92 Å². The lowest BCUT2D eigenvalue weighted by Gasteiger charge is -2.25. The van der Waals surface area contributed by atoms with Gasteiger partial charge in [0.1, 0.15) is 11.9 Å². The summed E-state index contributed by atoms with van der Waals surface area (Å²) >= 11 is 0. The van der Waals surface area contributed by atoms with Crippen molar-refractivity contribution in [1.29, 1.82) is 0 Å². The van der Waals surface area contributed by atoms with E-state index < -0.39 is 18.7 Å². The van der Waals surface area contributed by atoms with E-state index >= 15 is 0 Å². The van der Waals surface area contributed by atoms with Crippen molar-refractivity contribution >= 4 is 0 Å². The second kappa shape index (κ2) is 9.38. The second-order valence-electron chi connectivity index (χ2n) is 7.84. The summed E-state index contributed by atoms with van der Waals surface area (Å²) in [5.41, 5.74) is 5.10. The summed E-state index contributed by atoms with van der Waals surface area (Å²) in [6.45, 7) is 6.21. The van der Waals surface area contributed by atoms with Crippen LogP contribution < -0.4 is 4.74 Å². The lowest BCUT2D eigenvalue weighted by Crippen LogP contribution is -2.15. The molecule has 0 aliphatic rings. The summed E-state index contributed by atoms with van der Waals surface area (Å²) in [7, 11) is 0. The maximum absolute atomic E-state index is 12.9. The summed E-state index contributed by atoms with van der Waals surface area (Å²) in [5.74, 6) is 0.820. The average molecular weight is 412 g/mol. The van der Waals surface area contributed by atoms with Crippen LogP contribution in [0.15, 0.2) is 72.8 Å². The highest BCUT2D eigenvalue weighted by Crippen LogP contribution is 2.39. The first-order valence-electron chi connectivity index (χ1n) is 10.2. The zero-order valence-electron chi connectivity index (χ0n) is 17.5. The molecule has 0 aromatic heterocycles. The van der Waals surface area contributed by atoms with Crippen molar-refractivity contribution in [3.05, 3.63) is 89.5 Å². The summed E-state index contributed by atoms with van der Waals surface area (Å²) in [5, 5.41) is 0. The molecule has 0 saturated carbocycles. The van der Waals surface area contributed by atoms with E-state index in [9.17, 15) is 13.2 Å². The fraction of sp³-hybridized carbons (Fsp3) is 0.308. The predicted molar refractivity (Wildman–Crippen MR) is 116 cm³/mol. The molecule has 0 aliphatic heterocycles. The molecule has 0 saturated heterocycles. The maximum atomic E-state index is 12.9. The minimum absolute atomic E-state index is 0.121. The zero-order valence-corrected chi connectivity index (χ0v) is 17.5. The molecule has 1 nitrogen and oxygen atoms in total. The molecule has 3 rings (SSSR count). The molecule has 3 aromatic carbocycles. The van der Waals surface area contributed by atoms with E-state index in [1.807, 2.05) is 60.7 Å². The van der Waals surface area contributed by atoms with Gasteiger partial charge in [-0.2, -0.15) is 13.2 Å². The van der Waals surface area contributed by atoms with Gasteiger partial charge in [-0.05, 0) is 47.6 Å². The third-order valence-corrected chi connectivity index (χ3v) is 5.27. The topological polar surface area (TPSA) is 9.23 Å². The van der Waals surface area contributed by atoms with Gasteiger partial charge in [-0.1, -0.05) is 80.6 Å². The van der Waals surface area contributed by atoms with Gasteiger partial charge in [0.05, 0.1) is 0 Å². The van der Waals surface area contributed by atoms with E-state index in [0.717, 1.165) is 27.8 Å². The predicted octanol–water partition coefficient (Wildman–Crippen LogP) is 8.25. The molecule has 0 radical (unpaired) electrons. The van der Waals surface area contributed by atoms with Gasteiger partial charge in [0.15, 0.2) is 0 Å². The molecular weight excluding hydrogens is 385 g/mol. The number of rotatable bonds is 7. The number of ether oxygens (including phenoxy) is 1. The minimum atomic E-state index is -4.22. The van der Waals surface area contributed by atoms with Gasteiger partial charge in [0, 0.05) is 12.0 Å². The first-order valence-corrected chi connectivity index (χ1v) is 10.2. The van der Waals surface area contributed by atoms with Crippen LogP contribution in [0.5, 0.6) is 5.75 Å². The van der Waals surface area contributed by atoms with Gasteiger partial charge in [0.25, 0.3) is 0 Å². The summed E-state index contributed by atoms with van der Waals surface area (Å²) < 4.78 is 45.0. The molecule has 0 N–H and O–H groups in total. The van der Waals surface area contributed by atoms with Crippen LogP contribution in [0.3, 0.4) is 0 Å². The third-order valence-electron chi connectivity index (χ3n) is 5.27. The van der Waals surface area contributed by atoms with Gasteiger partial charge >= 0.3 is 6.18 Å². The molecule has 0 spiro atoms. The molecular formula is C26H27F3O. The third kappa shape index (κ3) is 5.44. The smallest absolute Gasteiger partial charge is 0.389 e. The molecule has 1 atom stereocenters. The van der Waals surface area contributed by atoms with Crippen LogP contribution in [-0.4, -0.2) is 6.18 Å². The molecule has 158 valence electrons. The highest BCUT2D eigenvalue weighted by Gasteiger charge is 2.30. The van der Waals surface area contributed by atoms with Crippen LogP contribution in [0.4, 0.5) is 13.2 Å². The van der Waals surface area contributed by atoms with Gasteiger partial charge in [-0.15, -0.1) is 0 Å². The van der Waals surface area contributed by atoms with E-state index in [1.54, 1.807) is 0 Å². The van der Waals surface area contributed by atoms with Crippen LogP contribution in [0.25, 0.3) is 11.1 Å². The Morgan fingerprint density at radius 3 is 2.00 bits per heavy atom. The van der Waals surface area contributed by atoms with Gasteiger partial charge in [0.2, 0.25) is 0 Å². The van der Waals surface area contributed by atoms with Gasteiger partial charge in [-0.3, -0.25) is 0 Å². The van der Waals surface area contributed by atoms with Crippen LogP contribution in [0.2, 0.25) is 0 Å². The molecule has 0 bridgehead atoms. The van der Waals surface area contributed by atoms with Crippen molar-refractivity contribution < 1.29 is 17.9 Å². The Balaban J connectivity index is 1.99. The van der Waals surface area contributed by atoms with E-state index in [1.165, 1.54) is 0 Å². The summed E-state index contributed by atoms with van der Waals surface area (Å²) in [6, 6.07) is 23.1. The highest BCUT2D eigenvalue weighted by molar-refractivity contribution is 5.70. The second-order valence-corrected chi connectivity index (χ2v) is 7.84. The minimum Gasteiger partial charge on any atom is -0.485 e. The van der Waals surface area contributed by atoms with E-state index in [-0.39, 0.29) is 12.3 Å². The molecule has 0 heterocycles. The van der Waals surface area contributed by atoms with Crippen molar-refractivity contribution in [3.8, 4) is 16.9 Å². The molecule has 1 unspecified atom stereocenters. The van der Waals surface area contributed by atoms with Crippen molar-refractivity contribution in [2.45, 2.75) is 51.8 Å². The fourth-order valence-corrected chi connectivity index (χ4v) is 3.86. The molecule has 4 heteroatoms. The van der Waals surface area contributed by atoms with E-state index in [2.05, 4.69) is 32.9 Å². The summed E-state index contributed by atoms with van der Waals surface area (Å²) in [6.07, 6.45) is -5.88. The van der Waals surface area contributed by atoms with Crippen molar-refractivity contribution in [1.82, 2.24) is 0 Å². The number of hydrogen-bond acceptors (Lipinski definition) is 1. The summed E-state index contributed by atoms with van der Waals surface area (Å²) in [4.78, 5) is 0. The van der Waals surface area contributed by atoms with Crippen molar-refractivity contribution in [2.75, 3.05) is 0 Å². The fourth-order valence-electron chi connectivity index (χ4n) is 3.86. The van der Waals surface area contributed by atoms with E-state index in [0.29, 0.717) is 5.75 Å². The van der Waals surface area contributed by atoms with Crippen LogP contribution in [-0.2, 0) is 0 Å². The van der Waals surface area contributed by atoms with Crippen molar-refractivity contribution in [2.24, 2.45) is 0 Å². The molecule has 0 aliphatic carbocycles. The monoisotopic (exact) mass is 412 g/mol. The maximum Gasteiger partial charge on any atom is 0.389 e. The average Bonchev–Trinajstić information content (AvgIpc) is 2.71. The molecule has 0 amide bonds. The zero-order chi connectivity index (χ0) is 21.7. The number of halogens is 3. The first-order chi connectivity index (χ1) is 14.3. The standard InChI is InChI=1S/C26H27F3O/c1-18(2)25-19(3)22(20-10-6-4-7-11-20)14-15-24(25)30-23(16-17-26(27,28)29)21-12-8-5-9-13-21/h4-15,18,23H,16-17H2,1-3H3. The highest BCUT2D eigenvalue weighted by atomic mass is 19.4. The molecule has 0 fully saturated rings. The number of hydrogen-bond donors (Lipinski definition) is 0. The van der Waals surface area contributed by atoms with Gasteiger partial charge < -0.3 is 4.74 Å². The van der Waals surface area contributed by atoms with Crippen molar-refractivity contribution in [3.63, 3.8) is 0 Å². The SMILES string of the molecule is Cc1c(-c2ccccc2)ccc(OC(CCC(F)(F)F)c2ccccc2)c1C(C)C. The Labute approximate surface area is 176 Å². The van der Waals surface area contributed by atoms with Gasteiger partial charge in [-0.25, -0.2) is 0 Å². The first kappa shape index (κ1) is 21.9. The quantitative estimate of drug-likeness (QED) is 0.380. The lowest BCUT2D eigenvalue weighted by molar-refractivity contribution is -0.139. The van der Waals surface area contributed by atoms with Crippen LogP contribution in [0.1, 0.15) is 55.4 Å². The number of benzene rings is 3. The lowest BCUT2D eigenvalue weighted by atomic mass is 9.90. The molecule has 3 aromatic rings.